The number of rotatable bonds is 1. The van der Waals surface area contributed by atoms with E-state index in [1.54, 1.807) is 11.3 Å². The molecule has 1 aliphatic rings. The summed E-state index contributed by atoms with van der Waals surface area (Å²) in [5.41, 5.74) is 7.05. The Labute approximate surface area is 113 Å². The minimum atomic E-state index is 0.0219. The fourth-order valence-corrected chi connectivity index (χ4v) is 3.96. The van der Waals surface area contributed by atoms with E-state index in [0.29, 0.717) is 16.6 Å². The first-order chi connectivity index (χ1) is 8.20. The van der Waals surface area contributed by atoms with Gasteiger partial charge < -0.3 is 10.5 Å². The SMILES string of the molecule is NCC1OCCc2c1sc1cc(Cl)c(Cl)cc21. The van der Waals surface area contributed by atoms with Gasteiger partial charge in [-0.3, -0.25) is 0 Å². The number of benzene rings is 1. The van der Waals surface area contributed by atoms with Crippen molar-refractivity contribution in [1.29, 1.82) is 0 Å². The second kappa shape index (κ2) is 4.41. The van der Waals surface area contributed by atoms with Gasteiger partial charge >= 0.3 is 0 Å². The van der Waals surface area contributed by atoms with Gasteiger partial charge in [0, 0.05) is 16.1 Å². The molecule has 1 aliphatic heterocycles. The summed E-state index contributed by atoms with van der Waals surface area (Å²) >= 11 is 13.8. The van der Waals surface area contributed by atoms with E-state index < -0.39 is 0 Å². The lowest BCUT2D eigenvalue weighted by Crippen LogP contribution is -2.21. The van der Waals surface area contributed by atoms with E-state index in [4.69, 9.17) is 33.7 Å². The topological polar surface area (TPSA) is 35.2 Å². The van der Waals surface area contributed by atoms with Crippen LogP contribution in [0.3, 0.4) is 0 Å². The predicted molar refractivity (Wildman–Crippen MR) is 73.3 cm³/mol. The highest BCUT2D eigenvalue weighted by molar-refractivity contribution is 7.19. The summed E-state index contributed by atoms with van der Waals surface area (Å²) in [4.78, 5) is 1.23. The van der Waals surface area contributed by atoms with E-state index in [2.05, 4.69) is 0 Å². The Hall–Kier alpha value is -0.320. The van der Waals surface area contributed by atoms with Crippen LogP contribution in [-0.4, -0.2) is 13.2 Å². The van der Waals surface area contributed by atoms with Crippen molar-refractivity contribution in [2.45, 2.75) is 12.5 Å². The zero-order valence-electron chi connectivity index (χ0n) is 9.00. The Morgan fingerprint density at radius 2 is 2.12 bits per heavy atom. The summed E-state index contributed by atoms with van der Waals surface area (Å²) in [6.07, 6.45) is 0.942. The molecule has 1 atom stereocenters. The molecule has 1 aromatic heterocycles. The number of ether oxygens (including phenoxy) is 1. The lowest BCUT2D eigenvalue weighted by molar-refractivity contribution is 0.0519. The monoisotopic (exact) mass is 287 g/mol. The van der Waals surface area contributed by atoms with Gasteiger partial charge in [-0.15, -0.1) is 11.3 Å². The van der Waals surface area contributed by atoms with Gasteiger partial charge in [0.15, 0.2) is 0 Å². The largest absolute Gasteiger partial charge is 0.371 e. The van der Waals surface area contributed by atoms with E-state index in [-0.39, 0.29) is 6.10 Å². The van der Waals surface area contributed by atoms with E-state index in [0.717, 1.165) is 17.7 Å². The van der Waals surface area contributed by atoms with Gasteiger partial charge in [-0.25, -0.2) is 0 Å². The number of thiophene rings is 1. The molecule has 0 fully saturated rings. The molecule has 0 aliphatic carbocycles. The predicted octanol–water partition coefficient (Wildman–Crippen LogP) is 3.78. The second-order valence-corrected chi connectivity index (χ2v) is 5.95. The molecule has 2 aromatic rings. The summed E-state index contributed by atoms with van der Waals surface area (Å²) in [6.45, 7) is 1.24. The quantitative estimate of drug-likeness (QED) is 0.866. The normalized spacial score (nSPS) is 19.6. The average Bonchev–Trinajstić information content (AvgIpc) is 2.67. The van der Waals surface area contributed by atoms with Crippen LogP contribution in [0.25, 0.3) is 10.1 Å². The van der Waals surface area contributed by atoms with Crippen LogP contribution in [0, 0.1) is 0 Å². The Kier molecular flexibility index (Phi) is 3.05. The van der Waals surface area contributed by atoms with E-state index in [1.807, 2.05) is 12.1 Å². The number of fused-ring (bicyclic) bond motifs is 3. The van der Waals surface area contributed by atoms with E-state index >= 15 is 0 Å². The fourth-order valence-electron chi connectivity index (χ4n) is 2.23. The molecule has 2 heterocycles. The molecule has 0 bridgehead atoms. The maximum Gasteiger partial charge on any atom is 0.104 e. The third-order valence-corrected chi connectivity index (χ3v) is 5.05. The summed E-state index contributed by atoms with van der Waals surface area (Å²) in [5, 5.41) is 2.40. The van der Waals surface area contributed by atoms with Crippen molar-refractivity contribution in [3.8, 4) is 0 Å². The average molecular weight is 288 g/mol. The summed E-state index contributed by atoms with van der Waals surface area (Å²) in [7, 11) is 0. The lowest BCUT2D eigenvalue weighted by atomic mass is 10.0. The molecule has 0 saturated heterocycles. The lowest BCUT2D eigenvalue weighted by Gasteiger charge is -2.21. The molecule has 0 radical (unpaired) electrons. The summed E-state index contributed by atoms with van der Waals surface area (Å²) in [5.74, 6) is 0. The Morgan fingerprint density at radius 3 is 2.88 bits per heavy atom. The van der Waals surface area contributed by atoms with Crippen molar-refractivity contribution in [3.05, 3.63) is 32.6 Å². The standard InChI is InChI=1S/C12H11Cl2NOS/c13-8-3-7-6-1-2-16-10(5-15)12(6)17-11(7)4-9(8)14/h3-4,10H,1-2,5,15H2. The molecule has 90 valence electrons. The molecule has 0 spiro atoms. The molecular weight excluding hydrogens is 277 g/mol. The van der Waals surface area contributed by atoms with Crippen molar-refractivity contribution in [1.82, 2.24) is 0 Å². The summed E-state index contributed by atoms with van der Waals surface area (Å²) in [6, 6.07) is 3.88. The first-order valence-corrected chi connectivity index (χ1v) is 7.00. The van der Waals surface area contributed by atoms with Gasteiger partial charge in [-0.2, -0.15) is 0 Å². The van der Waals surface area contributed by atoms with Crippen LogP contribution in [0.4, 0.5) is 0 Å². The zero-order chi connectivity index (χ0) is 12.0. The molecule has 2 nitrogen and oxygen atoms in total. The Balaban J connectivity index is 2.26. The van der Waals surface area contributed by atoms with E-state index in [1.165, 1.54) is 15.8 Å². The van der Waals surface area contributed by atoms with Crippen LogP contribution in [0.5, 0.6) is 0 Å². The molecule has 1 unspecified atom stereocenters. The van der Waals surface area contributed by atoms with E-state index in [9.17, 15) is 0 Å². The van der Waals surface area contributed by atoms with Gasteiger partial charge in [0.05, 0.1) is 16.7 Å². The van der Waals surface area contributed by atoms with Crippen molar-refractivity contribution < 1.29 is 4.74 Å². The van der Waals surface area contributed by atoms with Crippen LogP contribution in [-0.2, 0) is 11.2 Å². The molecule has 1 aromatic carbocycles. The minimum absolute atomic E-state index is 0.0219. The van der Waals surface area contributed by atoms with Crippen LogP contribution >= 0.6 is 34.5 Å². The van der Waals surface area contributed by atoms with Crippen molar-refractivity contribution in [3.63, 3.8) is 0 Å². The third-order valence-electron chi connectivity index (χ3n) is 3.04. The van der Waals surface area contributed by atoms with Crippen LogP contribution < -0.4 is 5.73 Å². The van der Waals surface area contributed by atoms with Crippen molar-refractivity contribution in [2.24, 2.45) is 5.73 Å². The highest BCUT2D eigenvalue weighted by atomic mass is 35.5. The Morgan fingerprint density at radius 1 is 1.35 bits per heavy atom. The molecule has 5 heteroatoms. The molecule has 17 heavy (non-hydrogen) atoms. The van der Waals surface area contributed by atoms with Crippen LogP contribution in [0.15, 0.2) is 12.1 Å². The van der Waals surface area contributed by atoms with Gasteiger partial charge in [0.1, 0.15) is 6.10 Å². The van der Waals surface area contributed by atoms with Gasteiger partial charge in [-0.1, -0.05) is 23.2 Å². The number of hydrogen-bond acceptors (Lipinski definition) is 3. The number of halogens is 2. The van der Waals surface area contributed by atoms with Crippen LogP contribution in [0.1, 0.15) is 16.5 Å². The highest BCUT2D eigenvalue weighted by Crippen LogP contribution is 2.42. The minimum Gasteiger partial charge on any atom is -0.371 e. The highest BCUT2D eigenvalue weighted by Gasteiger charge is 2.24. The van der Waals surface area contributed by atoms with Gasteiger partial charge in [0.25, 0.3) is 0 Å². The molecular formula is C12H11Cl2NOS. The van der Waals surface area contributed by atoms with Gasteiger partial charge in [-0.05, 0) is 29.5 Å². The smallest absolute Gasteiger partial charge is 0.104 e. The number of hydrogen-bond donors (Lipinski definition) is 1. The Bertz CT molecular complexity index is 581. The molecule has 0 saturated carbocycles. The van der Waals surface area contributed by atoms with Crippen LogP contribution in [0.2, 0.25) is 10.0 Å². The van der Waals surface area contributed by atoms with Crippen molar-refractivity contribution in [2.75, 3.05) is 13.2 Å². The maximum absolute atomic E-state index is 6.07. The fraction of sp³-hybridized carbons (Fsp3) is 0.333. The number of nitrogens with two attached hydrogens (primary N) is 1. The molecule has 3 rings (SSSR count). The molecule has 0 amide bonds. The molecule has 2 N–H and O–H groups in total. The first-order valence-electron chi connectivity index (χ1n) is 5.42. The van der Waals surface area contributed by atoms with Crippen molar-refractivity contribution >= 4 is 44.6 Å². The van der Waals surface area contributed by atoms with Gasteiger partial charge in [0.2, 0.25) is 0 Å². The third kappa shape index (κ3) is 1.86. The maximum atomic E-state index is 6.07. The summed E-state index contributed by atoms with van der Waals surface area (Å²) < 4.78 is 6.82. The second-order valence-electron chi connectivity index (χ2n) is 4.05. The zero-order valence-corrected chi connectivity index (χ0v) is 11.3. The first kappa shape index (κ1) is 11.8.